The van der Waals surface area contributed by atoms with Crippen molar-refractivity contribution in [1.29, 1.82) is 0 Å². The molecule has 4 nitrogen and oxygen atoms in total. The number of nitrogens with two attached hydrogens (primary N) is 1. The van der Waals surface area contributed by atoms with Crippen LogP contribution in [0.25, 0.3) is 0 Å². The molecule has 0 atom stereocenters. The van der Waals surface area contributed by atoms with Crippen LogP contribution in [0.1, 0.15) is 5.56 Å². The predicted molar refractivity (Wildman–Crippen MR) is 61.3 cm³/mol. The fourth-order valence-electron chi connectivity index (χ4n) is 1.58. The maximum atomic E-state index is 12.4. The maximum Gasteiger partial charge on any atom is 0.416 e. The van der Waals surface area contributed by atoms with E-state index in [0.717, 1.165) is 18.2 Å². The average molecular weight is 295 g/mol. The molecule has 0 aliphatic carbocycles. The molecule has 0 spiro atoms. The molecule has 1 saturated heterocycles. The smallest absolute Gasteiger partial charge is 0.404 e. The molecule has 19 heavy (non-hydrogen) atoms. The summed E-state index contributed by atoms with van der Waals surface area (Å²) in [6.07, 6.45) is -4.45. The molecule has 1 aliphatic rings. The van der Waals surface area contributed by atoms with E-state index in [0.29, 0.717) is 13.1 Å². The van der Waals surface area contributed by atoms with E-state index in [1.165, 1.54) is 5.06 Å². The lowest BCUT2D eigenvalue weighted by atomic mass is 10.0. The lowest BCUT2D eigenvalue weighted by Crippen LogP contribution is -2.53. The van der Waals surface area contributed by atoms with E-state index in [4.69, 9.17) is 22.2 Å². The summed E-state index contributed by atoms with van der Waals surface area (Å²) in [5, 5.41) is 1.27. The van der Waals surface area contributed by atoms with E-state index in [9.17, 15) is 18.0 Å². The van der Waals surface area contributed by atoms with Gasteiger partial charge in [-0.2, -0.15) is 13.2 Å². The predicted octanol–water partition coefficient (Wildman–Crippen LogP) is 2.07. The van der Waals surface area contributed by atoms with Gasteiger partial charge in [-0.1, -0.05) is 11.6 Å². The third-order valence-electron chi connectivity index (χ3n) is 2.74. The van der Waals surface area contributed by atoms with E-state index < -0.39 is 17.6 Å². The molecular weight excluding hydrogens is 285 g/mol. The van der Waals surface area contributed by atoms with Gasteiger partial charge in [-0.25, -0.2) is 0 Å². The Morgan fingerprint density at radius 2 is 2.05 bits per heavy atom. The number of hydrogen-bond donors (Lipinski definition) is 1. The first kappa shape index (κ1) is 14.0. The van der Waals surface area contributed by atoms with Gasteiger partial charge in [0, 0.05) is 13.1 Å². The highest BCUT2D eigenvalue weighted by molar-refractivity contribution is 6.32. The summed E-state index contributed by atoms with van der Waals surface area (Å²) < 4.78 is 37.3. The average Bonchev–Trinajstić information content (AvgIpc) is 2.22. The molecule has 1 heterocycles. The molecule has 2 N–H and O–H groups in total. The Bertz CT molecular complexity index is 501. The van der Waals surface area contributed by atoms with Crippen LogP contribution in [0.3, 0.4) is 0 Å². The second kappa shape index (κ2) is 4.90. The summed E-state index contributed by atoms with van der Waals surface area (Å²) >= 11 is 5.72. The summed E-state index contributed by atoms with van der Waals surface area (Å²) in [5.41, 5.74) is 4.23. The third kappa shape index (κ3) is 3.10. The quantitative estimate of drug-likeness (QED) is 0.928. The van der Waals surface area contributed by atoms with Gasteiger partial charge >= 0.3 is 6.18 Å². The highest BCUT2D eigenvalue weighted by atomic mass is 35.5. The number of alkyl halides is 3. The van der Waals surface area contributed by atoms with E-state index in [-0.39, 0.29) is 16.7 Å². The minimum Gasteiger partial charge on any atom is -0.404 e. The van der Waals surface area contributed by atoms with Gasteiger partial charge in [0.2, 0.25) is 5.91 Å². The van der Waals surface area contributed by atoms with Gasteiger partial charge < -0.3 is 10.6 Å². The number of nitrogens with zero attached hydrogens (tertiary/aromatic N) is 1. The van der Waals surface area contributed by atoms with Crippen LogP contribution in [-0.2, 0) is 11.0 Å². The lowest BCUT2D eigenvalue weighted by molar-refractivity contribution is -0.158. The number of hydroxylamine groups is 2. The SMILES string of the molecule is NC(=O)C1CN(Oc2ccc(C(F)(F)F)cc2Cl)C1. The Morgan fingerprint density at radius 3 is 2.53 bits per heavy atom. The molecule has 1 amide bonds. The normalized spacial score (nSPS) is 17.1. The highest BCUT2D eigenvalue weighted by Gasteiger charge is 2.34. The summed E-state index contributed by atoms with van der Waals surface area (Å²) in [5.74, 6) is -0.621. The van der Waals surface area contributed by atoms with Crippen molar-refractivity contribution >= 4 is 17.5 Å². The van der Waals surface area contributed by atoms with Crippen molar-refractivity contribution < 1.29 is 22.8 Å². The monoisotopic (exact) mass is 294 g/mol. The molecule has 1 aliphatic heterocycles. The Balaban J connectivity index is 2.01. The summed E-state index contributed by atoms with van der Waals surface area (Å²) in [6.45, 7) is 0.597. The Labute approximate surface area is 111 Å². The number of benzene rings is 1. The first-order valence-corrected chi connectivity index (χ1v) is 5.74. The van der Waals surface area contributed by atoms with Crippen LogP contribution in [-0.4, -0.2) is 24.1 Å². The van der Waals surface area contributed by atoms with E-state index in [1.807, 2.05) is 0 Å². The highest BCUT2D eigenvalue weighted by Crippen LogP contribution is 2.35. The van der Waals surface area contributed by atoms with Gasteiger partial charge in [-0.15, -0.1) is 5.06 Å². The van der Waals surface area contributed by atoms with Gasteiger partial charge in [0.25, 0.3) is 0 Å². The van der Waals surface area contributed by atoms with Crippen LogP contribution in [0, 0.1) is 5.92 Å². The van der Waals surface area contributed by atoms with E-state index in [2.05, 4.69) is 0 Å². The minimum atomic E-state index is -4.45. The zero-order valence-corrected chi connectivity index (χ0v) is 10.3. The minimum absolute atomic E-state index is 0.109. The van der Waals surface area contributed by atoms with Crippen molar-refractivity contribution in [3.63, 3.8) is 0 Å². The summed E-state index contributed by atoms with van der Waals surface area (Å²) in [7, 11) is 0. The number of amides is 1. The summed E-state index contributed by atoms with van der Waals surface area (Å²) in [6, 6.07) is 2.82. The number of carbonyl (C=O) groups is 1. The number of carbonyl (C=O) groups excluding carboxylic acids is 1. The van der Waals surface area contributed by atoms with Crippen molar-refractivity contribution in [1.82, 2.24) is 5.06 Å². The molecule has 0 saturated carbocycles. The molecule has 0 radical (unpaired) electrons. The van der Waals surface area contributed by atoms with Crippen LogP contribution >= 0.6 is 11.6 Å². The van der Waals surface area contributed by atoms with Crippen molar-refractivity contribution in [2.75, 3.05) is 13.1 Å². The molecule has 1 fully saturated rings. The number of halogens is 4. The van der Waals surface area contributed by atoms with E-state index in [1.54, 1.807) is 0 Å². The first-order chi connectivity index (χ1) is 8.77. The Kier molecular flexibility index (Phi) is 3.60. The summed E-state index contributed by atoms with van der Waals surface area (Å²) in [4.78, 5) is 16.0. The Hall–Kier alpha value is -1.47. The van der Waals surface area contributed by atoms with Gasteiger partial charge in [0.15, 0.2) is 5.75 Å². The van der Waals surface area contributed by atoms with Crippen molar-refractivity contribution in [2.45, 2.75) is 6.18 Å². The van der Waals surface area contributed by atoms with Crippen LogP contribution in [0.2, 0.25) is 5.02 Å². The first-order valence-electron chi connectivity index (χ1n) is 5.36. The molecular formula is C11H10ClF3N2O2. The molecule has 0 aromatic heterocycles. The van der Waals surface area contributed by atoms with Crippen LogP contribution in [0.15, 0.2) is 18.2 Å². The molecule has 8 heteroatoms. The molecule has 2 rings (SSSR count). The molecule has 1 aromatic carbocycles. The molecule has 1 aromatic rings. The zero-order chi connectivity index (χ0) is 14.2. The van der Waals surface area contributed by atoms with Crippen molar-refractivity contribution in [3.05, 3.63) is 28.8 Å². The molecule has 104 valence electrons. The second-order valence-electron chi connectivity index (χ2n) is 4.18. The Morgan fingerprint density at radius 1 is 1.42 bits per heavy atom. The zero-order valence-electron chi connectivity index (χ0n) is 9.58. The number of rotatable bonds is 3. The second-order valence-corrected chi connectivity index (χ2v) is 4.59. The van der Waals surface area contributed by atoms with Crippen molar-refractivity contribution in [3.8, 4) is 5.75 Å². The standard InChI is InChI=1S/C11H10ClF3N2O2/c12-8-3-7(11(13,14)15)1-2-9(8)19-17-4-6(5-17)10(16)18/h1-3,6H,4-5H2,(H2,16,18). The molecule has 0 unspecified atom stereocenters. The molecule has 0 bridgehead atoms. The lowest BCUT2D eigenvalue weighted by Gasteiger charge is -2.36. The van der Waals surface area contributed by atoms with Crippen LogP contribution < -0.4 is 10.6 Å². The van der Waals surface area contributed by atoms with Gasteiger partial charge in [-0.05, 0) is 18.2 Å². The van der Waals surface area contributed by atoms with Crippen LogP contribution in [0.5, 0.6) is 5.75 Å². The van der Waals surface area contributed by atoms with Gasteiger partial charge in [0.1, 0.15) is 0 Å². The number of primary amides is 1. The third-order valence-corrected chi connectivity index (χ3v) is 3.03. The number of hydrogen-bond acceptors (Lipinski definition) is 3. The van der Waals surface area contributed by atoms with Gasteiger partial charge in [-0.3, -0.25) is 4.79 Å². The largest absolute Gasteiger partial charge is 0.416 e. The van der Waals surface area contributed by atoms with E-state index >= 15 is 0 Å². The van der Waals surface area contributed by atoms with Crippen LogP contribution in [0.4, 0.5) is 13.2 Å². The fraction of sp³-hybridized carbons (Fsp3) is 0.364. The fourth-order valence-corrected chi connectivity index (χ4v) is 1.80. The van der Waals surface area contributed by atoms with Crippen molar-refractivity contribution in [2.24, 2.45) is 11.7 Å². The van der Waals surface area contributed by atoms with Gasteiger partial charge in [0.05, 0.1) is 16.5 Å². The topological polar surface area (TPSA) is 55.6 Å². The maximum absolute atomic E-state index is 12.4.